The molecule has 0 N–H and O–H groups in total. The third-order valence-corrected chi connectivity index (χ3v) is 4.43. The first-order chi connectivity index (χ1) is 11.0. The van der Waals surface area contributed by atoms with Crippen LogP contribution in [0.4, 0.5) is 5.69 Å². The highest BCUT2D eigenvalue weighted by atomic mass is 32.1. The second kappa shape index (κ2) is 7.59. The van der Waals surface area contributed by atoms with E-state index < -0.39 is 0 Å². The number of hydrogen-bond donors (Lipinski definition) is 0. The molecule has 0 aliphatic carbocycles. The first kappa shape index (κ1) is 17.5. The first-order valence-corrected chi connectivity index (χ1v) is 8.19. The lowest BCUT2D eigenvalue weighted by Gasteiger charge is -2.17. The molecule has 0 radical (unpaired) electrons. The van der Waals surface area contributed by atoms with E-state index in [9.17, 15) is 4.79 Å². The zero-order chi connectivity index (χ0) is 17.0. The van der Waals surface area contributed by atoms with Gasteiger partial charge >= 0.3 is 0 Å². The van der Waals surface area contributed by atoms with E-state index in [1.165, 1.54) is 0 Å². The fourth-order valence-corrected chi connectivity index (χ4v) is 2.95. The number of anilines is 1. The van der Waals surface area contributed by atoms with E-state index in [-0.39, 0.29) is 11.7 Å². The molecule has 1 fully saturated rings. The van der Waals surface area contributed by atoms with E-state index >= 15 is 0 Å². The van der Waals surface area contributed by atoms with Gasteiger partial charge in [-0.25, -0.2) is 0 Å². The molecule has 0 spiro atoms. The molecule has 23 heavy (non-hydrogen) atoms. The molecular weight excluding hydrogens is 310 g/mol. The summed E-state index contributed by atoms with van der Waals surface area (Å²) in [5.41, 5.74) is 1.83. The molecule has 124 valence electrons. The van der Waals surface area contributed by atoms with Crippen LogP contribution >= 0.6 is 12.2 Å². The predicted octanol–water partition coefficient (Wildman–Crippen LogP) is 3.84. The molecule has 1 saturated heterocycles. The molecule has 0 bridgehead atoms. The van der Waals surface area contributed by atoms with Crippen molar-refractivity contribution in [2.45, 2.75) is 26.2 Å². The van der Waals surface area contributed by atoms with Crippen molar-refractivity contribution in [3.63, 3.8) is 0 Å². The average molecular weight is 333 g/mol. The lowest BCUT2D eigenvalue weighted by Crippen LogP contribution is -2.12. The lowest BCUT2D eigenvalue weighted by molar-refractivity contribution is -0.117. The predicted molar refractivity (Wildman–Crippen MR) is 97.0 cm³/mol. The zero-order valence-corrected chi connectivity index (χ0v) is 14.9. The van der Waals surface area contributed by atoms with Crippen molar-refractivity contribution >= 4 is 34.8 Å². The third kappa shape index (κ3) is 4.10. The molecule has 1 aromatic rings. The molecule has 1 atom stereocenters. The van der Waals surface area contributed by atoms with Gasteiger partial charge in [0.05, 0.1) is 12.8 Å². The Morgan fingerprint density at radius 1 is 1.43 bits per heavy atom. The summed E-state index contributed by atoms with van der Waals surface area (Å²) in [5, 5.41) is 0.515. The van der Waals surface area contributed by atoms with Crippen LogP contribution in [0.25, 0.3) is 6.08 Å². The molecule has 0 saturated carbocycles. The van der Waals surface area contributed by atoms with Crippen molar-refractivity contribution in [1.82, 2.24) is 0 Å². The molecule has 1 aliphatic heterocycles. The number of ether oxygens (including phenoxy) is 2. The maximum absolute atomic E-state index is 12.3. The molecule has 5 heteroatoms. The van der Waals surface area contributed by atoms with E-state index in [0.29, 0.717) is 17.2 Å². The number of methoxy groups -OCH3 is 1. The van der Waals surface area contributed by atoms with Crippen LogP contribution in [0.3, 0.4) is 0 Å². The zero-order valence-electron chi connectivity index (χ0n) is 14.1. The molecule has 0 amide bonds. The van der Waals surface area contributed by atoms with Crippen LogP contribution in [0.2, 0.25) is 0 Å². The van der Waals surface area contributed by atoms with Crippen molar-refractivity contribution in [1.29, 1.82) is 0 Å². The number of carbonyl (C=O) groups is 1. The molecule has 1 heterocycles. The SMILES string of the molecule is CCC1CCC(=O)/C(=C\c2ccc(N(C)C)c(OC)c2)OC1=S. The Balaban J connectivity index is 2.33. The summed E-state index contributed by atoms with van der Waals surface area (Å²) < 4.78 is 11.1. The minimum Gasteiger partial charge on any atom is -0.495 e. The fourth-order valence-electron chi connectivity index (χ4n) is 2.58. The van der Waals surface area contributed by atoms with E-state index in [4.69, 9.17) is 21.7 Å². The molecule has 1 aromatic carbocycles. The number of Topliss-reactive ketones (excluding diaryl/α,β-unsaturated/α-hetero) is 1. The number of hydrogen-bond acceptors (Lipinski definition) is 5. The normalized spacial score (nSPS) is 20.2. The van der Waals surface area contributed by atoms with Crippen LogP contribution in [-0.2, 0) is 9.53 Å². The summed E-state index contributed by atoms with van der Waals surface area (Å²) in [6.45, 7) is 2.06. The van der Waals surface area contributed by atoms with E-state index in [0.717, 1.165) is 29.8 Å². The van der Waals surface area contributed by atoms with Gasteiger partial charge in [0, 0.05) is 26.4 Å². The van der Waals surface area contributed by atoms with Gasteiger partial charge in [-0.2, -0.15) is 0 Å². The van der Waals surface area contributed by atoms with Crippen LogP contribution in [0, 0.1) is 5.92 Å². The molecule has 1 aliphatic rings. The maximum Gasteiger partial charge on any atom is 0.198 e. The Morgan fingerprint density at radius 3 is 2.78 bits per heavy atom. The summed E-state index contributed by atoms with van der Waals surface area (Å²) in [6.07, 6.45) is 3.87. The number of thiocarbonyl (C=S) groups is 1. The van der Waals surface area contributed by atoms with Gasteiger partial charge in [-0.1, -0.05) is 13.0 Å². The Bertz CT molecular complexity index is 637. The third-order valence-electron chi connectivity index (χ3n) is 4.01. The van der Waals surface area contributed by atoms with Crippen molar-refractivity contribution in [2.24, 2.45) is 5.92 Å². The van der Waals surface area contributed by atoms with E-state index in [1.54, 1.807) is 13.2 Å². The number of allylic oxidation sites excluding steroid dienone is 1. The monoisotopic (exact) mass is 333 g/mol. The van der Waals surface area contributed by atoms with Crippen molar-refractivity contribution in [3.8, 4) is 5.75 Å². The van der Waals surface area contributed by atoms with E-state index in [2.05, 4.69) is 6.92 Å². The lowest BCUT2D eigenvalue weighted by atomic mass is 10.0. The van der Waals surface area contributed by atoms with Gasteiger partial charge < -0.3 is 14.4 Å². The average Bonchev–Trinajstić information content (AvgIpc) is 2.66. The molecular formula is C18H23NO3S. The van der Waals surface area contributed by atoms with Gasteiger partial charge in [-0.15, -0.1) is 0 Å². The largest absolute Gasteiger partial charge is 0.495 e. The number of nitrogens with zero attached hydrogens (tertiary/aromatic N) is 1. The minimum absolute atomic E-state index is 0.000969. The standard InChI is InChI=1S/C18H23NO3S/c1-5-13-7-9-15(20)17(22-18(13)23)11-12-6-8-14(19(2)3)16(10-12)21-4/h6,8,10-11,13H,5,7,9H2,1-4H3/b17-11+. The fraction of sp³-hybridized carbons (Fsp3) is 0.444. The highest BCUT2D eigenvalue weighted by molar-refractivity contribution is 7.80. The topological polar surface area (TPSA) is 38.8 Å². The Labute approximate surface area is 143 Å². The summed E-state index contributed by atoms with van der Waals surface area (Å²) in [5.74, 6) is 1.24. The Hall–Kier alpha value is -1.88. The van der Waals surface area contributed by atoms with Crippen LogP contribution in [0.15, 0.2) is 24.0 Å². The highest BCUT2D eigenvalue weighted by Gasteiger charge is 2.25. The summed E-state index contributed by atoms with van der Waals surface area (Å²) >= 11 is 5.32. The molecule has 1 unspecified atom stereocenters. The summed E-state index contributed by atoms with van der Waals surface area (Å²) in [7, 11) is 5.54. The van der Waals surface area contributed by atoms with Crippen LogP contribution in [0.5, 0.6) is 5.75 Å². The van der Waals surface area contributed by atoms with Crippen molar-refractivity contribution in [2.75, 3.05) is 26.1 Å². The molecule has 4 nitrogen and oxygen atoms in total. The van der Waals surface area contributed by atoms with Gasteiger partial charge in [0.15, 0.2) is 16.6 Å². The highest BCUT2D eigenvalue weighted by Crippen LogP contribution is 2.30. The van der Waals surface area contributed by atoms with Gasteiger partial charge in [-0.3, -0.25) is 4.79 Å². The Morgan fingerprint density at radius 2 is 2.17 bits per heavy atom. The molecule has 2 rings (SSSR count). The second-order valence-corrected chi connectivity index (χ2v) is 6.22. The first-order valence-electron chi connectivity index (χ1n) is 7.78. The van der Waals surface area contributed by atoms with Gasteiger partial charge in [-0.05, 0) is 48.8 Å². The number of benzene rings is 1. The van der Waals surface area contributed by atoms with Gasteiger partial charge in [0.25, 0.3) is 0 Å². The Kier molecular flexibility index (Phi) is 5.77. The smallest absolute Gasteiger partial charge is 0.198 e. The number of carbonyl (C=O) groups excluding carboxylic acids is 1. The van der Waals surface area contributed by atoms with Crippen LogP contribution in [0.1, 0.15) is 31.7 Å². The maximum atomic E-state index is 12.3. The van der Waals surface area contributed by atoms with Crippen LogP contribution in [-0.4, -0.2) is 32.0 Å². The summed E-state index contributed by atoms with van der Waals surface area (Å²) in [4.78, 5) is 14.2. The second-order valence-electron chi connectivity index (χ2n) is 5.82. The number of ketones is 1. The van der Waals surface area contributed by atoms with Gasteiger partial charge in [0.1, 0.15) is 5.75 Å². The molecule has 0 aromatic heterocycles. The minimum atomic E-state index is -0.000969. The van der Waals surface area contributed by atoms with Crippen LogP contribution < -0.4 is 9.64 Å². The quantitative estimate of drug-likeness (QED) is 0.618. The van der Waals surface area contributed by atoms with E-state index in [1.807, 2.05) is 37.2 Å². The van der Waals surface area contributed by atoms with Crippen molar-refractivity contribution < 1.29 is 14.3 Å². The van der Waals surface area contributed by atoms with Gasteiger partial charge in [0.2, 0.25) is 0 Å². The number of rotatable bonds is 4. The van der Waals surface area contributed by atoms with Crippen molar-refractivity contribution in [3.05, 3.63) is 29.5 Å². The summed E-state index contributed by atoms with van der Waals surface area (Å²) in [6, 6.07) is 5.79.